The van der Waals surface area contributed by atoms with Crippen LogP contribution in [0.1, 0.15) is 23.6 Å². The second-order valence-electron chi connectivity index (χ2n) is 8.12. The van der Waals surface area contributed by atoms with E-state index in [-0.39, 0.29) is 17.9 Å². The van der Waals surface area contributed by atoms with Gasteiger partial charge in [-0.2, -0.15) is 0 Å². The number of hydrogen-bond acceptors (Lipinski definition) is 6. The number of ether oxygens (including phenoxy) is 2. The van der Waals surface area contributed by atoms with E-state index < -0.39 is 16.7 Å². The molecule has 0 spiro atoms. The molecule has 0 unspecified atom stereocenters. The summed E-state index contributed by atoms with van der Waals surface area (Å²) in [6.45, 7) is 6.07. The lowest BCUT2D eigenvalue weighted by Gasteiger charge is -2.17. The summed E-state index contributed by atoms with van der Waals surface area (Å²) < 4.78 is 11.9. The fraction of sp³-hybridized carbons (Fsp3) is 0.143. The molecule has 0 atom stereocenters. The van der Waals surface area contributed by atoms with E-state index in [9.17, 15) is 19.7 Å². The number of nitrogens with one attached hydrogen (secondary N) is 1. The van der Waals surface area contributed by atoms with Crippen LogP contribution >= 0.6 is 0 Å². The Morgan fingerprint density at radius 1 is 1.05 bits per heavy atom. The van der Waals surface area contributed by atoms with E-state index in [1.807, 2.05) is 13.0 Å². The summed E-state index contributed by atoms with van der Waals surface area (Å²) in [6, 6.07) is 18.5. The molecule has 1 fully saturated rings. The first-order valence-electron chi connectivity index (χ1n) is 11.6. The molecule has 2 amide bonds. The first-order chi connectivity index (χ1) is 17.9. The molecule has 188 valence electrons. The topological polar surface area (TPSA) is 111 Å². The lowest BCUT2D eigenvalue weighted by atomic mass is 10.0. The molecule has 37 heavy (non-hydrogen) atoms. The number of nitro benzene ring substituents is 1. The first-order valence-corrected chi connectivity index (χ1v) is 11.6. The van der Waals surface area contributed by atoms with Crippen molar-refractivity contribution in [2.75, 3.05) is 11.6 Å². The second kappa shape index (κ2) is 11.2. The number of para-hydroxylation sites is 1. The fourth-order valence-corrected chi connectivity index (χ4v) is 3.90. The van der Waals surface area contributed by atoms with Gasteiger partial charge in [-0.05, 0) is 54.8 Å². The predicted molar refractivity (Wildman–Crippen MR) is 139 cm³/mol. The number of carbonyl (C=O) groups is 2. The molecule has 4 rings (SSSR count). The molecule has 0 aromatic heterocycles. The maximum Gasteiger partial charge on any atom is 0.282 e. The summed E-state index contributed by atoms with van der Waals surface area (Å²) >= 11 is 0. The normalized spacial score (nSPS) is 14.0. The van der Waals surface area contributed by atoms with Crippen molar-refractivity contribution in [3.63, 3.8) is 0 Å². The van der Waals surface area contributed by atoms with Crippen molar-refractivity contribution in [3.8, 4) is 11.5 Å². The highest BCUT2D eigenvalue weighted by Crippen LogP contribution is 2.36. The Balaban J connectivity index is 1.66. The zero-order valence-electron chi connectivity index (χ0n) is 20.2. The quantitative estimate of drug-likeness (QED) is 0.142. The number of hydrogen-bond donors (Lipinski definition) is 1. The van der Waals surface area contributed by atoms with Gasteiger partial charge in [0.15, 0.2) is 11.5 Å². The predicted octanol–water partition coefficient (Wildman–Crippen LogP) is 4.76. The zero-order chi connectivity index (χ0) is 26.4. The molecule has 3 aromatic carbocycles. The number of allylic oxidation sites excluding steroid dienone is 1. The van der Waals surface area contributed by atoms with Gasteiger partial charge in [-0.15, -0.1) is 6.58 Å². The second-order valence-corrected chi connectivity index (χ2v) is 8.12. The highest BCUT2D eigenvalue weighted by Gasteiger charge is 2.34. The average molecular weight is 500 g/mol. The summed E-state index contributed by atoms with van der Waals surface area (Å²) in [6.07, 6.45) is 3.64. The molecule has 1 saturated heterocycles. The summed E-state index contributed by atoms with van der Waals surface area (Å²) in [5, 5.41) is 12.3. The molecule has 1 aliphatic heterocycles. The van der Waals surface area contributed by atoms with Gasteiger partial charge in [-0.25, -0.2) is 5.01 Å². The van der Waals surface area contributed by atoms with Crippen LogP contribution in [0, 0.1) is 10.1 Å². The van der Waals surface area contributed by atoms with Crippen LogP contribution in [0.15, 0.2) is 85.0 Å². The van der Waals surface area contributed by atoms with Crippen molar-refractivity contribution in [1.29, 1.82) is 0 Å². The molecular formula is C28H25N3O6. The van der Waals surface area contributed by atoms with Crippen molar-refractivity contribution in [2.24, 2.45) is 0 Å². The molecule has 1 heterocycles. The number of benzene rings is 3. The number of amides is 2. The molecule has 9 nitrogen and oxygen atoms in total. The molecule has 0 saturated carbocycles. The van der Waals surface area contributed by atoms with Crippen LogP contribution in [0.3, 0.4) is 0 Å². The van der Waals surface area contributed by atoms with E-state index in [1.54, 1.807) is 54.6 Å². The van der Waals surface area contributed by atoms with Gasteiger partial charge >= 0.3 is 0 Å². The van der Waals surface area contributed by atoms with Gasteiger partial charge in [-0.3, -0.25) is 25.1 Å². The highest BCUT2D eigenvalue weighted by molar-refractivity contribution is 6.31. The third-order valence-electron chi connectivity index (χ3n) is 5.54. The lowest BCUT2D eigenvalue weighted by Crippen LogP contribution is -2.35. The molecule has 0 aliphatic carbocycles. The van der Waals surface area contributed by atoms with E-state index in [1.165, 1.54) is 23.2 Å². The van der Waals surface area contributed by atoms with Gasteiger partial charge in [0.2, 0.25) is 0 Å². The highest BCUT2D eigenvalue weighted by atomic mass is 16.6. The maximum atomic E-state index is 13.0. The van der Waals surface area contributed by atoms with E-state index in [4.69, 9.17) is 9.47 Å². The van der Waals surface area contributed by atoms with E-state index in [2.05, 4.69) is 12.0 Å². The van der Waals surface area contributed by atoms with Gasteiger partial charge < -0.3 is 9.47 Å². The Morgan fingerprint density at radius 3 is 2.54 bits per heavy atom. The van der Waals surface area contributed by atoms with Gasteiger partial charge in [0, 0.05) is 17.7 Å². The van der Waals surface area contributed by atoms with Crippen LogP contribution in [-0.4, -0.2) is 23.3 Å². The van der Waals surface area contributed by atoms with E-state index >= 15 is 0 Å². The summed E-state index contributed by atoms with van der Waals surface area (Å²) in [4.78, 5) is 36.3. The van der Waals surface area contributed by atoms with Gasteiger partial charge in [0.1, 0.15) is 12.2 Å². The van der Waals surface area contributed by atoms with E-state index in [0.717, 1.165) is 5.56 Å². The third kappa shape index (κ3) is 5.67. The average Bonchev–Trinajstić information content (AvgIpc) is 3.17. The van der Waals surface area contributed by atoms with Gasteiger partial charge in [0.05, 0.1) is 17.2 Å². The number of nitro groups is 1. The SMILES string of the molecule is C=CCc1cc(/C=C2/C(=O)NN(c3ccccc3)C2=O)cc(OCC)c1OCc1cccc([N+](=O)[O-])c1. The molecular weight excluding hydrogens is 474 g/mol. The van der Waals surface area contributed by atoms with E-state index in [0.29, 0.717) is 41.3 Å². The Bertz CT molecular complexity index is 1380. The minimum absolute atomic E-state index is 0.0129. The van der Waals surface area contributed by atoms with Crippen LogP contribution in [0.4, 0.5) is 11.4 Å². The third-order valence-corrected chi connectivity index (χ3v) is 5.54. The van der Waals surface area contributed by atoms with Crippen LogP contribution in [0.2, 0.25) is 0 Å². The molecule has 3 aromatic rings. The Hall–Kier alpha value is -4.92. The largest absolute Gasteiger partial charge is 0.490 e. The van der Waals surface area contributed by atoms with Crippen LogP contribution in [0.5, 0.6) is 11.5 Å². The number of carbonyl (C=O) groups excluding carboxylic acids is 2. The molecule has 1 N–H and O–H groups in total. The smallest absolute Gasteiger partial charge is 0.282 e. The van der Waals surface area contributed by atoms with Crippen molar-refractivity contribution >= 4 is 29.3 Å². The van der Waals surface area contributed by atoms with Crippen LogP contribution < -0.4 is 19.9 Å². The number of non-ortho nitro benzene ring substituents is 1. The number of hydrazine groups is 1. The standard InChI is InChI=1S/C28H25N3O6/c1-3-9-21-14-20(16-24-27(32)29-30(28(24)33)22-11-6-5-7-12-22)17-25(36-4-2)26(21)37-18-19-10-8-13-23(15-19)31(34)35/h3,5-8,10-17H,1,4,9,18H2,2H3,(H,29,32)/b24-16-. The maximum absolute atomic E-state index is 13.0. The van der Waals surface area contributed by atoms with Crippen molar-refractivity contribution in [3.05, 3.63) is 112 Å². The van der Waals surface area contributed by atoms with Crippen molar-refractivity contribution in [1.82, 2.24) is 5.43 Å². The van der Waals surface area contributed by atoms with Gasteiger partial charge in [-0.1, -0.05) is 36.4 Å². The Labute approximate surface area is 213 Å². The Morgan fingerprint density at radius 2 is 1.84 bits per heavy atom. The summed E-state index contributed by atoms with van der Waals surface area (Å²) in [7, 11) is 0. The van der Waals surface area contributed by atoms with Crippen LogP contribution in [0.25, 0.3) is 6.08 Å². The summed E-state index contributed by atoms with van der Waals surface area (Å²) in [5.41, 5.74) is 5.04. The molecule has 1 aliphatic rings. The minimum Gasteiger partial charge on any atom is -0.490 e. The monoisotopic (exact) mass is 499 g/mol. The zero-order valence-corrected chi connectivity index (χ0v) is 20.2. The summed E-state index contributed by atoms with van der Waals surface area (Å²) in [5.74, 6) is -0.0954. The minimum atomic E-state index is -0.511. The fourth-order valence-electron chi connectivity index (χ4n) is 3.90. The number of rotatable bonds is 10. The van der Waals surface area contributed by atoms with Crippen LogP contribution in [-0.2, 0) is 22.6 Å². The van der Waals surface area contributed by atoms with Gasteiger partial charge in [0.25, 0.3) is 17.5 Å². The van der Waals surface area contributed by atoms with Crippen molar-refractivity contribution < 1.29 is 24.0 Å². The first kappa shape index (κ1) is 25.2. The van der Waals surface area contributed by atoms with Crippen molar-refractivity contribution in [2.45, 2.75) is 20.0 Å². The molecule has 0 bridgehead atoms. The number of anilines is 1. The number of nitrogens with zero attached hydrogens (tertiary/aromatic N) is 2. The Kier molecular flexibility index (Phi) is 7.63. The molecule has 0 radical (unpaired) electrons. The molecule has 9 heteroatoms. The lowest BCUT2D eigenvalue weighted by molar-refractivity contribution is -0.384.